The molecule has 24 fully saturated rings. The minimum atomic E-state index is -6.03. The molecule has 20 saturated carbocycles. The first-order valence-corrected chi connectivity index (χ1v) is 54.1. The van der Waals surface area contributed by atoms with E-state index >= 15 is 19.2 Å². The van der Waals surface area contributed by atoms with E-state index in [-0.39, 0.29) is 173 Å². The molecular weight excluding hydrogens is 1870 g/mol. The van der Waals surface area contributed by atoms with Crippen LogP contribution in [0.2, 0.25) is 0 Å². The smallest absolute Gasteiger partial charge is 0.426 e. The Hall–Kier alpha value is -5.86. The Bertz CT molecular complexity index is 4870. The minimum absolute atomic E-state index is 0.0251. The van der Waals surface area contributed by atoms with E-state index in [2.05, 4.69) is 20.8 Å². The standard InChI is InChI=1S/C60H82F6O11.C49H66F6O10/c1-28-34-20-36(24-58(72,59(61,62)63)60(64,65)66)42(21-34)46(28)47-43(49(68)74-50(47)69)25-53(3,51(70)77-57(7)39-16-32-11-33(18-39)19-40(57)17-32)27-55(5,52(71)76-54(4)8-9-73-45(67)26-54)48-29(2)41-22-35(48)23-44(41)75-56(6)37-12-30-10-31(14-37)15-38(56)13-30;1-23-29-17-30(19-47(61,48(50,51)52)49(53,54)55)33(18-29)36(23)37-34(39(57)63-40(37)58)20-43(3,41(59)65-46(6)31-12-25-11-26(14-31)15-32(46)13-25)22-45(5,38-24(2)27-7-8-28(38)16-27)42(60)64-44(4)9-10-62-35(56)21-44/h28-44,46-48,72H,8-27H2,1-7H3;23-34,36-38,61H,7-22H2,1-6H3. The van der Waals surface area contributed by atoms with Crippen LogP contribution in [-0.4, -0.2) is 153 Å². The first-order chi connectivity index (χ1) is 65.9. The van der Waals surface area contributed by atoms with Gasteiger partial charge in [0.15, 0.2) is 0 Å². The fraction of sp³-hybridized carbons (Fsp3) is 0.908. The maximum absolute atomic E-state index is 16.0. The average Bonchev–Trinajstić information content (AvgIpc) is 1.69. The minimum Gasteiger partial charge on any atom is -0.465 e. The number of fused-ring (bicyclic) bond motifs is 8. The van der Waals surface area contributed by atoms with Gasteiger partial charge in [-0.2, -0.15) is 52.7 Å². The van der Waals surface area contributed by atoms with E-state index in [4.69, 9.17) is 42.6 Å². The monoisotopic (exact) mass is 2020 g/mol. The van der Waals surface area contributed by atoms with Gasteiger partial charge in [-0.05, 0) is 432 Å². The number of alkyl halides is 12. The van der Waals surface area contributed by atoms with Crippen molar-refractivity contribution in [3.05, 3.63) is 0 Å². The molecule has 794 valence electrons. The van der Waals surface area contributed by atoms with Crippen LogP contribution in [0.1, 0.15) is 308 Å². The number of carbonyl (C=O) groups excluding carboxylic acids is 10. The molecule has 29 unspecified atom stereocenters. The summed E-state index contributed by atoms with van der Waals surface area (Å²) < 4.78 is 225. The summed E-state index contributed by atoms with van der Waals surface area (Å²) in [6.07, 6.45) is -8.08. The molecule has 0 radical (unpaired) electrons. The number of carbonyl (C=O) groups is 10. The lowest BCUT2D eigenvalue weighted by Crippen LogP contribution is -2.60. The predicted octanol–water partition coefficient (Wildman–Crippen LogP) is 20.9. The molecule has 33 heteroatoms. The number of aliphatic hydroxyl groups is 2. The summed E-state index contributed by atoms with van der Waals surface area (Å²) in [5.74, 6) is -15.5. The van der Waals surface area contributed by atoms with Crippen LogP contribution in [0.25, 0.3) is 0 Å². The van der Waals surface area contributed by atoms with Crippen molar-refractivity contribution in [3.8, 4) is 0 Å². The van der Waals surface area contributed by atoms with E-state index in [9.17, 15) is 91.7 Å². The largest absolute Gasteiger partial charge is 0.465 e. The number of esters is 10. The summed E-state index contributed by atoms with van der Waals surface area (Å²) >= 11 is 0. The molecule has 4 heterocycles. The topological polar surface area (TPSA) is 294 Å². The lowest BCUT2D eigenvalue weighted by Gasteiger charge is -2.61. The van der Waals surface area contributed by atoms with Gasteiger partial charge in [-0.1, -0.05) is 27.7 Å². The Kier molecular flexibility index (Phi) is 25.4. The van der Waals surface area contributed by atoms with Gasteiger partial charge in [0.2, 0.25) is 0 Å². The normalized spacial score (nSPS) is 47.2. The molecule has 4 saturated heterocycles. The van der Waals surface area contributed by atoms with Crippen LogP contribution >= 0.6 is 0 Å². The van der Waals surface area contributed by atoms with Crippen molar-refractivity contribution in [3.63, 3.8) is 0 Å². The van der Waals surface area contributed by atoms with E-state index < -0.39 is 229 Å². The molecule has 0 aromatic carbocycles. The molecule has 0 amide bonds. The van der Waals surface area contributed by atoms with E-state index in [1.54, 1.807) is 48.5 Å². The highest BCUT2D eigenvalue weighted by molar-refractivity contribution is 5.98. The summed E-state index contributed by atoms with van der Waals surface area (Å²) in [6, 6.07) is 0. The Morgan fingerprint density at radius 2 is 0.690 bits per heavy atom. The highest BCUT2D eigenvalue weighted by Crippen LogP contribution is 2.73. The highest BCUT2D eigenvalue weighted by Gasteiger charge is 2.77. The molecule has 21 nitrogen and oxygen atoms in total. The number of halogens is 12. The van der Waals surface area contributed by atoms with E-state index in [0.29, 0.717) is 47.8 Å². The molecule has 142 heavy (non-hydrogen) atoms. The zero-order valence-corrected chi connectivity index (χ0v) is 84.3. The van der Waals surface area contributed by atoms with Crippen molar-refractivity contribution in [2.24, 2.45) is 223 Å². The molecule has 0 spiro atoms. The van der Waals surface area contributed by atoms with Crippen LogP contribution in [0.3, 0.4) is 0 Å². The zero-order valence-electron chi connectivity index (χ0n) is 84.3. The predicted molar refractivity (Wildman–Crippen MR) is 480 cm³/mol. The fourth-order valence-electron chi connectivity index (χ4n) is 38.8. The number of rotatable bonds is 26. The van der Waals surface area contributed by atoms with Gasteiger partial charge in [0, 0.05) is 12.8 Å². The first kappa shape index (κ1) is 103. The Labute approximate surface area is 823 Å². The number of cyclic esters (lactones) is 6. The van der Waals surface area contributed by atoms with Gasteiger partial charge in [0.1, 0.15) is 22.4 Å². The van der Waals surface area contributed by atoms with Crippen LogP contribution in [-0.2, 0) is 90.6 Å². The molecule has 4 aliphatic heterocycles. The van der Waals surface area contributed by atoms with Crippen molar-refractivity contribution in [1.29, 1.82) is 0 Å². The average molecular weight is 2020 g/mol. The lowest BCUT2D eigenvalue weighted by atomic mass is 9.50. The summed E-state index contributed by atoms with van der Waals surface area (Å²) in [5.41, 5.74) is -20.6. The van der Waals surface area contributed by atoms with E-state index in [1.165, 1.54) is 32.1 Å². The lowest BCUT2D eigenvalue weighted by molar-refractivity contribution is -0.374. The zero-order chi connectivity index (χ0) is 102. The quantitative estimate of drug-likeness (QED) is 0.0352. The van der Waals surface area contributed by atoms with Gasteiger partial charge in [-0.25, -0.2) is 0 Å². The van der Waals surface area contributed by atoms with Crippen LogP contribution in [0.5, 0.6) is 0 Å². The van der Waals surface area contributed by atoms with Crippen molar-refractivity contribution < 1.29 is 153 Å². The molecule has 24 rings (SSSR count). The van der Waals surface area contributed by atoms with Crippen LogP contribution in [0, 0.1) is 223 Å². The maximum Gasteiger partial charge on any atom is 0.426 e. The van der Waals surface area contributed by atoms with Crippen LogP contribution < -0.4 is 0 Å². The summed E-state index contributed by atoms with van der Waals surface area (Å²) in [7, 11) is 0. The third-order valence-electron chi connectivity index (χ3n) is 45.2. The molecule has 2 N–H and O–H groups in total. The van der Waals surface area contributed by atoms with E-state index in [1.807, 2.05) is 20.8 Å². The SMILES string of the molecule is CC1C2CC(CC(O)(C(F)(F)F)C(F)(F)F)C(C2)C1C1C(=O)OC(=O)C1CC(C)(CC(C)(C(=O)OC1(C)CCOC(=O)C1)C1C2CC(OC3(C)C4CC5CC(C4)CC3C5)C(C2)C1C)C(=O)OC1(C)C2CC3CC(C2)CC1C3.CC1C2CC(CC(O)(C(F)(F)F)C(F)(F)F)C(C2)C1C1C(=O)OC(=O)C1CC(C)(CC(C)(C(=O)OC1(C)CCOC(=O)C1)C1C2CCC(C2)C1C)C(=O)OC1(C)C2CC3CC(C2)CC1C3. The first-order valence-electron chi connectivity index (χ1n) is 54.1. The van der Waals surface area contributed by atoms with Crippen molar-refractivity contribution in [2.75, 3.05) is 13.2 Å². The summed E-state index contributed by atoms with van der Waals surface area (Å²) in [4.78, 5) is 145. The van der Waals surface area contributed by atoms with Gasteiger partial charge >= 0.3 is 84.4 Å². The maximum atomic E-state index is 16.0. The third kappa shape index (κ3) is 16.8. The van der Waals surface area contributed by atoms with Crippen molar-refractivity contribution >= 4 is 59.7 Å². The molecule has 0 aromatic heterocycles. The second-order valence-corrected chi connectivity index (χ2v) is 53.6. The van der Waals surface area contributed by atoms with Gasteiger partial charge < -0.3 is 52.8 Å². The Morgan fingerprint density at radius 1 is 0.359 bits per heavy atom. The Morgan fingerprint density at radius 3 is 1.01 bits per heavy atom. The van der Waals surface area contributed by atoms with Crippen molar-refractivity contribution in [2.45, 2.75) is 378 Å². The highest BCUT2D eigenvalue weighted by atomic mass is 19.4. The fourth-order valence-corrected chi connectivity index (χ4v) is 38.8. The molecular formula is C109H148F12O21. The second-order valence-electron chi connectivity index (χ2n) is 53.6. The van der Waals surface area contributed by atoms with Gasteiger partial charge in [0.25, 0.3) is 11.2 Å². The molecule has 20 aliphatic carbocycles. The molecule has 20 bridgehead atoms. The molecule has 29 atom stereocenters. The third-order valence-corrected chi connectivity index (χ3v) is 45.2. The van der Waals surface area contributed by atoms with Crippen LogP contribution in [0.15, 0.2) is 0 Å². The molecule has 24 aliphatic rings. The van der Waals surface area contributed by atoms with E-state index in [0.717, 1.165) is 102 Å². The van der Waals surface area contributed by atoms with Crippen molar-refractivity contribution in [1.82, 2.24) is 0 Å². The van der Waals surface area contributed by atoms with Gasteiger partial charge in [-0.15, -0.1) is 0 Å². The number of hydrogen-bond acceptors (Lipinski definition) is 21. The number of ether oxygens (including phenoxy) is 9. The van der Waals surface area contributed by atoms with Gasteiger partial charge in [-0.3, -0.25) is 47.9 Å². The van der Waals surface area contributed by atoms with Crippen LogP contribution in [0.4, 0.5) is 52.7 Å². The summed E-state index contributed by atoms with van der Waals surface area (Å²) in [6.45, 7) is 24.7. The summed E-state index contributed by atoms with van der Waals surface area (Å²) in [5, 5.41) is 20.8. The van der Waals surface area contributed by atoms with Gasteiger partial charge in [0.05, 0.1) is 83.1 Å². The Balaban J connectivity index is 0.000000176. The molecule has 0 aromatic rings. The number of hydrogen-bond donors (Lipinski definition) is 2. The second kappa shape index (κ2) is 34.9.